The van der Waals surface area contributed by atoms with Crippen LogP contribution in [0.15, 0.2) is 30.5 Å². The highest BCUT2D eigenvalue weighted by atomic mass is 32.2. The first-order chi connectivity index (χ1) is 12.6. The molecule has 2 amide bonds. The van der Waals surface area contributed by atoms with Gasteiger partial charge in [-0.05, 0) is 49.9 Å². The lowest BCUT2D eigenvalue weighted by molar-refractivity contribution is 0.209. The van der Waals surface area contributed by atoms with Crippen LogP contribution in [0.4, 0.5) is 20.7 Å². The summed E-state index contributed by atoms with van der Waals surface area (Å²) in [5, 5.41) is 3.37. The number of carbonyl (C=O) groups is 1. The van der Waals surface area contributed by atoms with Gasteiger partial charge in [-0.1, -0.05) is 0 Å². The SMILES string of the molecule is CCN1Cc2c(Oc3ccc(NSC4CC4)cc3F)ccnc2NC1=O. The molecule has 1 aromatic heterocycles. The van der Waals surface area contributed by atoms with Crippen molar-refractivity contribution in [2.45, 2.75) is 31.6 Å². The molecule has 0 unspecified atom stereocenters. The fourth-order valence-electron chi connectivity index (χ4n) is 2.63. The number of urea groups is 1. The summed E-state index contributed by atoms with van der Waals surface area (Å²) in [4.78, 5) is 17.7. The highest BCUT2D eigenvalue weighted by Gasteiger charge is 2.26. The zero-order valence-corrected chi connectivity index (χ0v) is 15.1. The van der Waals surface area contributed by atoms with E-state index in [4.69, 9.17) is 4.74 Å². The highest BCUT2D eigenvalue weighted by molar-refractivity contribution is 8.01. The number of carbonyl (C=O) groups excluding carboxylic acids is 1. The van der Waals surface area contributed by atoms with Crippen molar-refractivity contribution in [2.75, 3.05) is 16.6 Å². The highest BCUT2D eigenvalue weighted by Crippen LogP contribution is 2.37. The van der Waals surface area contributed by atoms with Gasteiger partial charge in [-0.2, -0.15) is 0 Å². The van der Waals surface area contributed by atoms with Crippen molar-refractivity contribution >= 4 is 29.5 Å². The average Bonchev–Trinajstić information content (AvgIpc) is 3.46. The van der Waals surface area contributed by atoms with E-state index in [-0.39, 0.29) is 11.8 Å². The summed E-state index contributed by atoms with van der Waals surface area (Å²) >= 11 is 1.62. The number of hydrogen-bond donors (Lipinski definition) is 2. The molecule has 0 spiro atoms. The zero-order chi connectivity index (χ0) is 18.1. The molecule has 1 aliphatic carbocycles. The molecule has 4 rings (SSSR count). The van der Waals surface area contributed by atoms with E-state index < -0.39 is 5.82 Å². The van der Waals surface area contributed by atoms with Crippen LogP contribution in [0.25, 0.3) is 0 Å². The number of nitrogens with zero attached hydrogens (tertiary/aromatic N) is 2. The smallest absolute Gasteiger partial charge is 0.323 e. The minimum absolute atomic E-state index is 0.139. The van der Waals surface area contributed by atoms with Gasteiger partial charge in [-0.25, -0.2) is 14.2 Å². The maximum absolute atomic E-state index is 14.4. The molecule has 1 aliphatic heterocycles. The number of rotatable bonds is 6. The number of pyridine rings is 1. The Balaban J connectivity index is 1.54. The second-order valence-corrected chi connectivity index (χ2v) is 7.35. The molecule has 2 aliphatic rings. The van der Waals surface area contributed by atoms with Gasteiger partial charge in [0.1, 0.15) is 11.6 Å². The Morgan fingerprint density at radius 3 is 2.96 bits per heavy atom. The van der Waals surface area contributed by atoms with Gasteiger partial charge < -0.3 is 14.4 Å². The lowest BCUT2D eigenvalue weighted by atomic mass is 10.2. The number of hydrogen-bond acceptors (Lipinski definition) is 5. The van der Waals surface area contributed by atoms with Crippen molar-refractivity contribution in [2.24, 2.45) is 0 Å². The number of halogens is 1. The molecule has 2 heterocycles. The minimum atomic E-state index is -0.441. The fraction of sp³-hybridized carbons (Fsp3) is 0.333. The summed E-state index contributed by atoms with van der Waals surface area (Å²) in [6.45, 7) is 2.83. The number of benzene rings is 1. The maximum Gasteiger partial charge on any atom is 0.323 e. The van der Waals surface area contributed by atoms with E-state index in [1.54, 1.807) is 35.0 Å². The third kappa shape index (κ3) is 3.55. The van der Waals surface area contributed by atoms with Crippen LogP contribution in [0.3, 0.4) is 0 Å². The predicted octanol–water partition coefficient (Wildman–Crippen LogP) is 4.60. The van der Waals surface area contributed by atoms with Gasteiger partial charge in [0.15, 0.2) is 11.6 Å². The van der Waals surface area contributed by atoms with Gasteiger partial charge in [-0.3, -0.25) is 5.32 Å². The molecule has 26 heavy (non-hydrogen) atoms. The van der Waals surface area contributed by atoms with Crippen LogP contribution in [0, 0.1) is 5.82 Å². The number of anilines is 2. The molecular formula is C18H19FN4O2S. The maximum atomic E-state index is 14.4. The summed E-state index contributed by atoms with van der Waals surface area (Å²) in [7, 11) is 0. The first-order valence-corrected chi connectivity index (χ1v) is 9.45. The molecule has 8 heteroatoms. The molecule has 136 valence electrons. The summed E-state index contributed by atoms with van der Waals surface area (Å²) in [5.41, 5.74) is 1.45. The molecule has 1 fully saturated rings. The fourth-order valence-corrected chi connectivity index (χ4v) is 3.43. The lowest BCUT2D eigenvalue weighted by Gasteiger charge is -2.28. The monoisotopic (exact) mass is 374 g/mol. The van der Waals surface area contributed by atoms with Gasteiger partial charge in [0.05, 0.1) is 12.1 Å². The average molecular weight is 374 g/mol. The van der Waals surface area contributed by atoms with E-state index in [0.29, 0.717) is 35.6 Å². The van der Waals surface area contributed by atoms with Crippen LogP contribution in [-0.2, 0) is 6.54 Å². The standard InChI is InChI=1S/C18H19FN4O2S/c1-2-23-10-13-15(7-8-20-17(13)21-18(23)24)25-16-6-3-11(9-14(16)19)22-26-12-4-5-12/h3,6-9,12,22H,2,4-5,10H2,1H3,(H,20,21,24). The van der Waals surface area contributed by atoms with Crippen molar-refractivity contribution in [3.8, 4) is 11.5 Å². The molecule has 0 atom stereocenters. The molecule has 2 aromatic rings. The van der Waals surface area contributed by atoms with Gasteiger partial charge in [0, 0.05) is 29.7 Å². The van der Waals surface area contributed by atoms with Crippen LogP contribution < -0.4 is 14.8 Å². The summed E-state index contributed by atoms with van der Waals surface area (Å²) in [6, 6.07) is 6.31. The summed E-state index contributed by atoms with van der Waals surface area (Å²) in [5.74, 6) is 0.640. The third-order valence-electron chi connectivity index (χ3n) is 4.28. The predicted molar refractivity (Wildman–Crippen MR) is 100 cm³/mol. The number of fused-ring (bicyclic) bond motifs is 1. The van der Waals surface area contributed by atoms with Gasteiger partial charge in [0.25, 0.3) is 0 Å². The van der Waals surface area contributed by atoms with Crippen molar-refractivity contribution in [1.82, 2.24) is 9.88 Å². The van der Waals surface area contributed by atoms with E-state index in [9.17, 15) is 9.18 Å². The van der Waals surface area contributed by atoms with Crippen molar-refractivity contribution in [3.63, 3.8) is 0 Å². The van der Waals surface area contributed by atoms with Crippen LogP contribution >= 0.6 is 11.9 Å². The Labute approximate surface area is 155 Å². The van der Waals surface area contributed by atoms with E-state index in [2.05, 4.69) is 15.0 Å². The molecule has 0 saturated heterocycles. The third-order valence-corrected chi connectivity index (χ3v) is 5.43. The Hall–Kier alpha value is -2.48. The second kappa shape index (κ2) is 7.03. The van der Waals surface area contributed by atoms with E-state index in [1.165, 1.54) is 25.1 Å². The van der Waals surface area contributed by atoms with Crippen LogP contribution in [0.1, 0.15) is 25.3 Å². The quantitative estimate of drug-likeness (QED) is 0.723. The van der Waals surface area contributed by atoms with Crippen LogP contribution in [0.5, 0.6) is 11.5 Å². The number of ether oxygens (including phenoxy) is 1. The molecule has 6 nitrogen and oxygen atoms in total. The van der Waals surface area contributed by atoms with Crippen LogP contribution in [-0.4, -0.2) is 27.7 Å². The minimum Gasteiger partial charge on any atom is -0.454 e. The van der Waals surface area contributed by atoms with Crippen molar-refractivity contribution < 1.29 is 13.9 Å². The van der Waals surface area contributed by atoms with Gasteiger partial charge in [-0.15, -0.1) is 0 Å². The molecule has 1 saturated carbocycles. The Morgan fingerprint density at radius 2 is 2.23 bits per heavy atom. The van der Waals surface area contributed by atoms with E-state index in [0.717, 1.165) is 5.56 Å². The zero-order valence-electron chi connectivity index (χ0n) is 14.3. The van der Waals surface area contributed by atoms with Gasteiger partial charge in [0.2, 0.25) is 0 Å². The first kappa shape index (κ1) is 17.0. The molecule has 0 radical (unpaired) electrons. The first-order valence-electron chi connectivity index (χ1n) is 8.57. The molecule has 1 aromatic carbocycles. The number of nitrogens with one attached hydrogen (secondary N) is 2. The normalized spacial score (nSPS) is 16.1. The van der Waals surface area contributed by atoms with Crippen molar-refractivity contribution in [3.05, 3.63) is 41.8 Å². The Morgan fingerprint density at radius 1 is 1.38 bits per heavy atom. The van der Waals surface area contributed by atoms with Crippen LogP contribution in [0.2, 0.25) is 0 Å². The number of amides is 2. The second-order valence-electron chi connectivity index (χ2n) is 6.25. The summed E-state index contributed by atoms with van der Waals surface area (Å²) in [6.07, 6.45) is 3.95. The molecule has 2 N–H and O–H groups in total. The number of aromatic nitrogens is 1. The topological polar surface area (TPSA) is 66.5 Å². The van der Waals surface area contributed by atoms with E-state index >= 15 is 0 Å². The largest absolute Gasteiger partial charge is 0.454 e. The molecular weight excluding hydrogens is 355 g/mol. The Kier molecular flexibility index (Phi) is 4.58. The van der Waals surface area contributed by atoms with E-state index in [1.807, 2.05) is 6.92 Å². The lowest BCUT2D eigenvalue weighted by Crippen LogP contribution is -2.38. The van der Waals surface area contributed by atoms with Gasteiger partial charge >= 0.3 is 6.03 Å². The van der Waals surface area contributed by atoms with Crippen molar-refractivity contribution in [1.29, 1.82) is 0 Å². The Bertz CT molecular complexity index is 844. The summed E-state index contributed by atoms with van der Waals surface area (Å²) < 4.78 is 23.4. The molecule has 0 bridgehead atoms.